The van der Waals surface area contributed by atoms with Gasteiger partial charge in [0, 0.05) is 12.2 Å². The smallest absolute Gasteiger partial charge is 0.365 e. The molecule has 1 N–H and O–H groups in total. The van der Waals surface area contributed by atoms with Crippen molar-refractivity contribution in [2.45, 2.75) is 39.9 Å². The summed E-state index contributed by atoms with van der Waals surface area (Å²) in [6.45, 7) is 8.40. The quantitative estimate of drug-likeness (QED) is 0.861. The van der Waals surface area contributed by atoms with Crippen molar-refractivity contribution in [3.8, 4) is 0 Å². The number of nitrogens with one attached hydrogen (secondary N) is 1. The van der Waals surface area contributed by atoms with Crippen molar-refractivity contribution in [3.63, 3.8) is 0 Å². The molecule has 1 aromatic rings. The number of pyridine rings is 1. The van der Waals surface area contributed by atoms with E-state index in [0.717, 1.165) is 12.3 Å². The molecular weight excluding hydrogens is 277 g/mol. The highest BCUT2D eigenvalue weighted by Crippen LogP contribution is 2.63. The van der Waals surface area contributed by atoms with Crippen molar-refractivity contribution in [1.82, 2.24) is 4.98 Å². The molecule has 0 aliphatic heterocycles. The summed E-state index contributed by atoms with van der Waals surface area (Å²) in [6, 6.07) is 1.04. The van der Waals surface area contributed by atoms with Gasteiger partial charge in [0.15, 0.2) is 0 Å². The van der Waals surface area contributed by atoms with Crippen molar-refractivity contribution >= 4 is 17.4 Å². The van der Waals surface area contributed by atoms with Gasteiger partial charge in [0.25, 0.3) is 0 Å². The summed E-state index contributed by atoms with van der Waals surface area (Å²) in [5.74, 6) is 0.304. The second-order valence-electron chi connectivity index (χ2n) is 6.07. The van der Waals surface area contributed by atoms with Gasteiger partial charge in [-0.05, 0) is 16.9 Å². The first-order valence-corrected chi connectivity index (χ1v) is 6.35. The van der Waals surface area contributed by atoms with E-state index in [9.17, 15) is 13.2 Å². The lowest BCUT2D eigenvalue weighted by Crippen LogP contribution is -2.13. The van der Waals surface area contributed by atoms with Crippen LogP contribution in [0.5, 0.6) is 0 Å². The van der Waals surface area contributed by atoms with E-state index >= 15 is 0 Å². The Bertz CT molecular complexity index is 495. The molecule has 1 saturated carbocycles. The van der Waals surface area contributed by atoms with Gasteiger partial charge in [-0.3, -0.25) is 0 Å². The Balaban J connectivity index is 2.21. The molecule has 0 saturated heterocycles. The van der Waals surface area contributed by atoms with E-state index in [1.165, 1.54) is 0 Å². The summed E-state index contributed by atoms with van der Waals surface area (Å²) in [5, 5.41) is 3.13. The van der Waals surface area contributed by atoms with Gasteiger partial charge in [-0.2, -0.15) is 13.2 Å². The molecule has 0 radical (unpaired) electrons. The molecule has 0 unspecified atom stereocenters. The molecule has 19 heavy (non-hydrogen) atoms. The van der Waals surface area contributed by atoms with Crippen molar-refractivity contribution in [2.24, 2.45) is 10.8 Å². The molecule has 106 valence electrons. The van der Waals surface area contributed by atoms with E-state index in [2.05, 4.69) is 38.0 Å². The van der Waals surface area contributed by atoms with Gasteiger partial charge in [-0.15, -0.1) is 0 Å². The van der Waals surface area contributed by atoms with Gasteiger partial charge < -0.3 is 5.32 Å². The van der Waals surface area contributed by atoms with E-state index in [1.807, 2.05) is 0 Å². The largest absolute Gasteiger partial charge is 0.417 e. The standard InChI is InChI=1S/C13H16ClF3N2/c1-11(2)10(12(11,3)4)19-9-8(14)5-7(6-18-9)13(15,16)17/h5-6,10H,1-4H3,(H,18,19). The highest BCUT2D eigenvalue weighted by Gasteiger charge is 2.65. The molecule has 1 aliphatic carbocycles. The van der Waals surface area contributed by atoms with E-state index in [1.54, 1.807) is 0 Å². The SMILES string of the molecule is CC1(C)C(Nc2ncc(C(F)(F)F)cc2Cl)C1(C)C. The molecule has 1 aliphatic rings. The maximum absolute atomic E-state index is 12.5. The van der Waals surface area contributed by atoms with Crippen LogP contribution in [0.2, 0.25) is 5.02 Å². The van der Waals surface area contributed by atoms with Crippen molar-refractivity contribution in [1.29, 1.82) is 0 Å². The zero-order chi connectivity index (χ0) is 14.6. The average molecular weight is 293 g/mol. The molecule has 1 aromatic heterocycles. The van der Waals surface area contributed by atoms with Gasteiger partial charge >= 0.3 is 6.18 Å². The molecule has 0 bridgehead atoms. The molecule has 0 aromatic carbocycles. The van der Waals surface area contributed by atoms with Crippen molar-refractivity contribution in [2.75, 3.05) is 5.32 Å². The third kappa shape index (κ3) is 2.29. The Hall–Kier alpha value is -0.970. The zero-order valence-corrected chi connectivity index (χ0v) is 11.9. The minimum absolute atomic E-state index is 0.00618. The summed E-state index contributed by atoms with van der Waals surface area (Å²) in [7, 11) is 0. The van der Waals surface area contributed by atoms with Crippen LogP contribution in [0, 0.1) is 10.8 Å². The number of hydrogen-bond donors (Lipinski definition) is 1. The predicted molar refractivity (Wildman–Crippen MR) is 69.2 cm³/mol. The molecule has 0 amide bonds. The fourth-order valence-electron chi connectivity index (χ4n) is 2.39. The van der Waals surface area contributed by atoms with Crippen LogP contribution in [0.3, 0.4) is 0 Å². The predicted octanol–water partition coefficient (Wildman–Crippen LogP) is 4.60. The Labute approximate surface area is 115 Å². The monoisotopic (exact) mass is 292 g/mol. The van der Waals surface area contributed by atoms with Gasteiger partial charge in [0.1, 0.15) is 5.82 Å². The Morgan fingerprint density at radius 1 is 1.21 bits per heavy atom. The number of hydrogen-bond acceptors (Lipinski definition) is 2. The van der Waals surface area contributed by atoms with Crippen LogP contribution in [0.1, 0.15) is 33.3 Å². The number of halogens is 4. The molecule has 6 heteroatoms. The Morgan fingerprint density at radius 3 is 2.11 bits per heavy atom. The van der Waals surface area contributed by atoms with Crippen LogP contribution in [-0.2, 0) is 6.18 Å². The highest BCUT2D eigenvalue weighted by molar-refractivity contribution is 6.33. The maximum Gasteiger partial charge on any atom is 0.417 e. The topological polar surface area (TPSA) is 24.9 Å². The van der Waals surface area contributed by atoms with Crippen molar-refractivity contribution < 1.29 is 13.2 Å². The second kappa shape index (κ2) is 4.01. The van der Waals surface area contributed by atoms with Crippen LogP contribution in [0.25, 0.3) is 0 Å². The fraction of sp³-hybridized carbons (Fsp3) is 0.615. The lowest BCUT2D eigenvalue weighted by Gasteiger charge is -2.12. The van der Waals surface area contributed by atoms with Crippen LogP contribution >= 0.6 is 11.6 Å². The molecule has 0 atom stereocenters. The number of aromatic nitrogens is 1. The normalized spacial score (nSPS) is 21.3. The molecule has 1 fully saturated rings. The number of anilines is 1. The summed E-state index contributed by atoms with van der Waals surface area (Å²) >= 11 is 5.87. The third-order valence-electron chi connectivity index (χ3n) is 4.47. The molecule has 2 rings (SSSR count). The zero-order valence-electron chi connectivity index (χ0n) is 11.2. The lowest BCUT2D eigenvalue weighted by molar-refractivity contribution is -0.137. The second-order valence-corrected chi connectivity index (χ2v) is 6.48. The summed E-state index contributed by atoms with van der Waals surface area (Å²) in [5.41, 5.74) is -0.723. The summed E-state index contributed by atoms with van der Waals surface area (Å²) in [4.78, 5) is 3.79. The van der Waals surface area contributed by atoms with Crippen LogP contribution < -0.4 is 5.32 Å². The minimum Gasteiger partial charge on any atom is -0.365 e. The van der Waals surface area contributed by atoms with E-state index in [4.69, 9.17) is 11.6 Å². The van der Waals surface area contributed by atoms with E-state index in [-0.39, 0.29) is 21.9 Å². The average Bonchev–Trinajstić information content (AvgIpc) is 2.61. The molecule has 2 nitrogen and oxygen atoms in total. The van der Waals surface area contributed by atoms with Gasteiger partial charge in [-0.1, -0.05) is 39.3 Å². The first-order valence-electron chi connectivity index (χ1n) is 5.97. The summed E-state index contributed by atoms with van der Waals surface area (Å²) < 4.78 is 37.5. The molecular formula is C13H16ClF3N2. The number of alkyl halides is 3. The highest BCUT2D eigenvalue weighted by atomic mass is 35.5. The van der Waals surface area contributed by atoms with Crippen LogP contribution in [0.15, 0.2) is 12.3 Å². The van der Waals surface area contributed by atoms with Gasteiger partial charge in [0.05, 0.1) is 10.6 Å². The number of rotatable bonds is 2. The van der Waals surface area contributed by atoms with E-state index in [0.29, 0.717) is 5.82 Å². The Kier molecular flexibility index (Phi) is 3.05. The van der Waals surface area contributed by atoms with Crippen LogP contribution in [0.4, 0.5) is 19.0 Å². The van der Waals surface area contributed by atoms with Gasteiger partial charge in [0.2, 0.25) is 0 Å². The first-order chi connectivity index (χ1) is 8.48. The number of nitrogens with zero attached hydrogens (tertiary/aromatic N) is 1. The Morgan fingerprint density at radius 2 is 1.74 bits per heavy atom. The van der Waals surface area contributed by atoms with Gasteiger partial charge in [-0.25, -0.2) is 4.98 Å². The molecule has 0 spiro atoms. The van der Waals surface area contributed by atoms with Crippen molar-refractivity contribution in [3.05, 3.63) is 22.8 Å². The third-order valence-corrected chi connectivity index (χ3v) is 4.76. The minimum atomic E-state index is -4.42. The summed E-state index contributed by atoms with van der Waals surface area (Å²) in [6.07, 6.45) is -3.62. The lowest BCUT2D eigenvalue weighted by atomic mass is 10.0. The maximum atomic E-state index is 12.5. The van der Waals surface area contributed by atoms with E-state index < -0.39 is 11.7 Å². The van der Waals surface area contributed by atoms with Crippen LogP contribution in [-0.4, -0.2) is 11.0 Å². The first kappa shape index (κ1) is 14.4. The molecule has 1 heterocycles. The fourth-order valence-corrected chi connectivity index (χ4v) is 2.61.